The highest BCUT2D eigenvalue weighted by Crippen LogP contribution is 2.26. The van der Waals surface area contributed by atoms with Gasteiger partial charge in [-0.05, 0) is 18.1 Å². The van der Waals surface area contributed by atoms with E-state index in [4.69, 9.17) is 4.98 Å². The average molecular weight is 361 g/mol. The van der Waals surface area contributed by atoms with E-state index in [1.54, 1.807) is 17.5 Å². The first-order valence-corrected chi connectivity index (χ1v) is 9.40. The lowest BCUT2D eigenvalue weighted by molar-refractivity contribution is 0.830. The monoisotopic (exact) mass is 361 g/mol. The molecule has 4 rings (SSSR count). The summed E-state index contributed by atoms with van der Waals surface area (Å²) in [7, 11) is 0. The van der Waals surface area contributed by atoms with Gasteiger partial charge in [-0.25, -0.2) is 9.98 Å². The smallest absolute Gasteiger partial charge is 0.195 e. The highest BCUT2D eigenvalue weighted by molar-refractivity contribution is 7.11. The van der Waals surface area contributed by atoms with Crippen molar-refractivity contribution in [3.8, 4) is 11.3 Å². The maximum Gasteiger partial charge on any atom is 0.195 e. The quantitative estimate of drug-likeness (QED) is 0.732. The lowest BCUT2D eigenvalue weighted by atomic mass is 10.2. The summed E-state index contributed by atoms with van der Waals surface area (Å²) in [6.45, 7) is 1.44. The van der Waals surface area contributed by atoms with Gasteiger partial charge in [0, 0.05) is 41.7 Å². The minimum atomic E-state index is 0.629. The minimum absolute atomic E-state index is 0.629. The van der Waals surface area contributed by atoms with E-state index in [0.29, 0.717) is 6.54 Å². The van der Waals surface area contributed by atoms with Crippen LogP contribution >= 0.6 is 11.3 Å². The van der Waals surface area contributed by atoms with Crippen LogP contribution in [0.15, 0.2) is 71.4 Å². The number of nitrogens with zero attached hydrogens (tertiary/aromatic N) is 3. The van der Waals surface area contributed by atoms with Crippen LogP contribution in [0, 0.1) is 0 Å². The van der Waals surface area contributed by atoms with Gasteiger partial charge in [-0.2, -0.15) is 0 Å². The van der Waals surface area contributed by atoms with E-state index in [1.165, 1.54) is 5.56 Å². The molecule has 2 aromatic heterocycles. The van der Waals surface area contributed by atoms with E-state index in [9.17, 15) is 0 Å². The summed E-state index contributed by atoms with van der Waals surface area (Å²) in [4.78, 5) is 13.5. The van der Waals surface area contributed by atoms with Crippen molar-refractivity contribution < 1.29 is 0 Å². The molecule has 130 valence electrons. The summed E-state index contributed by atoms with van der Waals surface area (Å²) >= 11 is 1.65. The summed E-state index contributed by atoms with van der Waals surface area (Å²) in [5.41, 5.74) is 4.47. The van der Waals surface area contributed by atoms with Crippen LogP contribution in [0.4, 0.5) is 0 Å². The number of guanidine groups is 1. The standard InChI is InChI=1S/C20H19N5S/c1-2-6-16(7-3-1)18-14-26-19(25-18)17-12-23-20(24-13-17)22-10-8-15-5-4-9-21-11-15/h1-7,9,11-12,14H,8,10,13H2,(H2,22,23,24). The molecule has 0 saturated heterocycles. The van der Waals surface area contributed by atoms with Gasteiger partial charge in [-0.3, -0.25) is 4.98 Å². The summed E-state index contributed by atoms with van der Waals surface area (Å²) in [6.07, 6.45) is 6.59. The molecule has 0 unspecified atom stereocenters. The Hall–Kier alpha value is -2.99. The molecule has 1 aliphatic rings. The Morgan fingerprint density at radius 2 is 2.04 bits per heavy atom. The molecule has 0 radical (unpaired) electrons. The SMILES string of the molecule is C1=C(c2nc(-c3ccccc3)cs2)CN=C(NCCc2cccnc2)N1. The Bertz CT molecular complexity index is 916. The van der Waals surface area contributed by atoms with Crippen LogP contribution < -0.4 is 10.6 Å². The molecule has 5 nitrogen and oxygen atoms in total. The van der Waals surface area contributed by atoms with E-state index < -0.39 is 0 Å². The molecule has 3 aromatic rings. The molecule has 0 saturated carbocycles. The van der Waals surface area contributed by atoms with Gasteiger partial charge in [0.25, 0.3) is 0 Å². The van der Waals surface area contributed by atoms with E-state index in [2.05, 4.69) is 44.2 Å². The number of pyridine rings is 1. The zero-order valence-electron chi connectivity index (χ0n) is 14.2. The first-order valence-electron chi connectivity index (χ1n) is 8.52. The van der Waals surface area contributed by atoms with E-state index in [-0.39, 0.29) is 0 Å². The van der Waals surface area contributed by atoms with Gasteiger partial charge in [0.2, 0.25) is 0 Å². The van der Waals surface area contributed by atoms with Crippen molar-refractivity contribution in [2.24, 2.45) is 4.99 Å². The van der Waals surface area contributed by atoms with Crippen molar-refractivity contribution in [1.29, 1.82) is 0 Å². The Balaban J connectivity index is 1.32. The number of hydrogen-bond acceptors (Lipinski definition) is 6. The van der Waals surface area contributed by atoms with Crippen LogP contribution in [-0.2, 0) is 6.42 Å². The molecule has 0 fully saturated rings. The van der Waals surface area contributed by atoms with Crippen molar-refractivity contribution in [2.75, 3.05) is 13.1 Å². The zero-order chi connectivity index (χ0) is 17.6. The van der Waals surface area contributed by atoms with Gasteiger partial charge < -0.3 is 10.6 Å². The Labute approximate surface area is 156 Å². The summed E-state index contributed by atoms with van der Waals surface area (Å²) in [6, 6.07) is 14.3. The number of aliphatic imine (C=N–C) groups is 1. The Kier molecular flexibility index (Phi) is 5.02. The Morgan fingerprint density at radius 1 is 1.12 bits per heavy atom. The van der Waals surface area contributed by atoms with Crippen molar-refractivity contribution >= 4 is 22.9 Å². The lowest BCUT2D eigenvalue weighted by Crippen LogP contribution is -2.37. The van der Waals surface area contributed by atoms with Gasteiger partial charge in [0.05, 0.1) is 12.2 Å². The third kappa shape index (κ3) is 3.97. The summed E-state index contributed by atoms with van der Waals surface area (Å²) in [5.74, 6) is 0.803. The molecule has 0 bridgehead atoms. The van der Waals surface area contributed by atoms with Crippen molar-refractivity contribution in [3.63, 3.8) is 0 Å². The third-order valence-electron chi connectivity index (χ3n) is 4.07. The zero-order valence-corrected chi connectivity index (χ0v) is 15.0. The lowest BCUT2D eigenvalue weighted by Gasteiger charge is -2.15. The third-order valence-corrected chi connectivity index (χ3v) is 4.99. The van der Waals surface area contributed by atoms with E-state index >= 15 is 0 Å². The number of thiazole rings is 1. The van der Waals surface area contributed by atoms with Gasteiger partial charge in [-0.1, -0.05) is 36.4 Å². The average Bonchev–Trinajstić information content (AvgIpc) is 3.20. The van der Waals surface area contributed by atoms with Crippen molar-refractivity contribution in [1.82, 2.24) is 20.6 Å². The fourth-order valence-corrected chi connectivity index (χ4v) is 3.52. The molecule has 0 aliphatic carbocycles. The number of benzene rings is 1. The number of hydrogen-bond donors (Lipinski definition) is 2. The van der Waals surface area contributed by atoms with E-state index in [1.807, 2.05) is 36.7 Å². The van der Waals surface area contributed by atoms with Gasteiger partial charge in [0.1, 0.15) is 5.01 Å². The second kappa shape index (κ2) is 7.93. The maximum absolute atomic E-state index is 4.74. The van der Waals surface area contributed by atoms with Gasteiger partial charge in [-0.15, -0.1) is 11.3 Å². The van der Waals surface area contributed by atoms with Crippen LogP contribution in [0.25, 0.3) is 16.8 Å². The fourth-order valence-electron chi connectivity index (χ4n) is 2.68. The van der Waals surface area contributed by atoms with E-state index in [0.717, 1.165) is 40.8 Å². The molecule has 0 spiro atoms. The largest absolute Gasteiger partial charge is 0.356 e. The Morgan fingerprint density at radius 3 is 2.81 bits per heavy atom. The van der Waals surface area contributed by atoms with Crippen LogP contribution in [0.2, 0.25) is 0 Å². The molecule has 1 aromatic carbocycles. The molecule has 0 atom stereocenters. The first kappa shape index (κ1) is 16.5. The highest BCUT2D eigenvalue weighted by Gasteiger charge is 2.12. The first-order chi connectivity index (χ1) is 12.9. The predicted molar refractivity (Wildman–Crippen MR) is 107 cm³/mol. The minimum Gasteiger partial charge on any atom is -0.356 e. The number of rotatable bonds is 5. The molecular formula is C20H19N5S. The fraction of sp³-hybridized carbons (Fsp3) is 0.150. The topological polar surface area (TPSA) is 62.2 Å². The molecule has 0 amide bonds. The second-order valence-electron chi connectivity index (χ2n) is 5.92. The predicted octanol–water partition coefficient (Wildman–Crippen LogP) is 3.34. The van der Waals surface area contributed by atoms with Gasteiger partial charge >= 0.3 is 0 Å². The van der Waals surface area contributed by atoms with Crippen LogP contribution in [0.3, 0.4) is 0 Å². The van der Waals surface area contributed by atoms with Crippen LogP contribution in [-0.4, -0.2) is 29.0 Å². The highest BCUT2D eigenvalue weighted by atomic mass is 32.1. The number of aromatic nitrogens is 2. The number of nitrogens with one attached hydrogen (secondary N) is 2. The van der Waals surface area contributed by atoms with Crippen molar-refractivity contribution in [3.05, 3.63) is 77.0 Å². The summed E-state index contributed by atoms with van der Waals surface area (Å²) < 4.78 is 0. The molecule has 2 N–H and O–H groups in total. The summed E-state index contributed by atoms with van der Waals surface area (Å²) in [5, 5.41) is 9.66. The maximum atomic E-state index is 4.74. The molecule has 26 heavy (non-hydrogen) atoms. The molecular weight excluding hydrogens is 342 g/mol. The van der Waals surface area contributed by atoms with Crippen molar-refractivity contribution in [2.45, 2.75) is 6.42 Å². The molecule has 3 heterocycles. The van der Waals surface area contributed by atoms with Crippen LogP contribution in [0.5, 0.6) is 0 Å². The normalized spacial score (nSPS) is 13.5. The molecule has 6 heteroatoms. The van der Waals surface area contributed by atoms with Gasteiger partial charge in [0.15, 0.2) is 5.96 Å². The second-order valence-corrected chi connectivity index (χ2v) is 6.78. The molecule has 1 aliphatic heterocycles. The van der Waals surface area contributed by atoms with Crippen LogP contribution in [0.1, 0.15) is 10.6 Å².